The van der Waals surface area contributed by atoms with Crippen molar-refractivity contribution in [1.82, 2.24) is 24.4 Å². The van der Waals surface area contributed by atoms with Crippen molar-refractivity contribution in [1.29, 1.82) is 0 Å². The van der Waals surface area contributed by atoms with Crippen LogP contribution in [0.4, 0.5) is 14.6 Å². The summed E-state index contributed by atoms with van der Waals surface area (Å²) in [5.74, 6) is -0.891. The molecule has 0 radical (unpaired) electrons. The van der Waals surface area contributed by atoms with Gasteiger partial charge in [0.15, 0.2) is 11.6 Å². The van der Waals surface area contributed by atoms with Gasteiger partial charge in [0, 0.05) is 18.2 Å². The van der Waals surface area contributed by atoms with Gasteiger partial charge in [-0.3, -0.25) is 0 Å². The third kappa shape index (κ3) is 2.59. The van der Waals surface area contributed by atoms with Gasteiger partial charge in [0.05, 0.1) is 11.9 Å². The van der Waals surface area contributed by atoms with Crippen molar-refractivity contribution < 1.29 is 8.78 Å². The van der Waals surface area contributed by atoms with E-state index in [-0.39, 0.29) is 11.6 Å². The highest BCUT2D eigenvalue weighted by Gasteiger charge is 2.20. The van der Waals surface area contributed by atoms with E-state index in [1.807, 2.05) is 19.1 Å². The lowest BCUT2D eigenvalue weighted by molar-refractivity contribution is 0.573. The Morgan fingerprint density at radius 3 is 2.77 bits per heavy atom. The zero-order valence-corrected chi connectivity index (χ0v) is 14.0. The molecule has 132 valence electrons. The van der Waals surface area contributed by atoms with E-state index in [0.717, 1.165) is 29.3 Å². The highest BCUT2D eigenvalue weighted by molar-refractivity contribution is 5.65. The van der Waals surface area contributed by atoms with Gasteiger partial charge in [-0.2, -0.15) is 10.2 Å². The van der Waals surface area contributed by atoms with Crippen LogP contribution in [0.5, 0.6) is 0 Å². The van der Waals surface area contributed by atoms with Crippen molar-refractivity contribution in [2.75, 3.05) is 5.73 Å². The molecule has 0 aliphatic carbocycles. The first-order valence-electron chi connectivity index (χ1n) is 8.16. The number of rotatable bonds is 4. The van der Waals surface area contributed by atoms with Crippen LogP contribution < -0.4 is 5.73 Å². The van der Waals surface area contributed by atoms with Crippen LogP contribution >= 0.6 is 0 Å². The highest BCUT2D eigenvalue weighted by Crippen LogP contribution is 2.30. The fraction of sp³-hybridized carbons (Fsp3) is 0.167. The van der Waals surface area contributed by atoms with Gasteiger partial charge in [-0.25, -0.2) is 23.0 Å². The molecule has 3 aromatic heterocycles. The molecule has 26 heavy (non-hydrogen) atoms. The van der Waals surface area contributed by atoms with Gasteiger partial charge in [-0.05, 0) is 36.2 Å². The average Bonchev–Trinajstić information content (AvgIpc) is 3.25. The molecular weight excluding hydrogens is 338 g/mol. The number of hydrogen-bond donors (Lipinski definition) is 1. The second kappa shape index (κ2) is 6.21. The molecule has 1 atom stereocenters. The van der Waals surface area contributed by atoms with E-state index in [1.54, 1.807) is 16.9 Å². The van der Waals surface area contributed by atoms with Crippen LogP contribution in [0.1, 0.15) is 30.5 Å². The molecule has 0 saturated carbocycles. The fourth-order valence-electron chi connectivity index (χ4n) is 3.17. The predicted molar refractivity (Wildman–Crippen MR) is 93.0 cm³/mol. The Kier molecular flexibility index (Phi) is 3.87. The van der Waals surface area contributed by atoms with E-state index in [2.05, 4.69) is 15.2 Å². The molecule has 0 bridgehead atoms. The Hall–Kier alpha value is -3.29. The summed E-state index contributed by atoms with van der Waals surface area (Å²) in [4.78, 5) is 4.00. The van der Waals surface area contributed by atoms with E-state index in [9.17, 15) is 8.78 Å². The molecule has 1 aromatic carbocycles. The maximum atomic E-state index is 14.0. The minimum absolute atomic E-state index is 0.0101. The lowest BCUT2D eigenvalue weighted by Gasteiger charge is -2.13. The third-order valence-corrected chi connectivity index (χ3v) is 4.44. The van der Waals surface area contributed by atoms with Gasteiger partial charge >= 0.3 is 0 Å². The van der Waals surface area contributed by atoms with Gasteiger partial charge in [0.25, 0.3) is 0 Å². The maximum absolute atomic E-state index is 14.0. The predicted octanol–water partition coefficient (Wildman–Crippen LogP) is 3.32. The molecule has 4 rings (SSSR count). The largest absolute Gasteiger partial charge is 0.382 e. The monoisotopic (exact) mass is 354 g/mol. The number of fused-ring (bicyclic) bond motifs is 1. The summed E-state index contributed by atoms with van der Waals surface area (Å²) in [5.41, 5.74) is 8.66. The summed E-state index contributed by atoms with van der Waals surface area (Å²) < 4.78 is 30.3. The first kappa shape index (κ1) is 16.2. The number of halogens is 2. The summed E-state index contributed by atoms with van der Waals surface area (Å²) in [6, 6.07) is 7.23. The SMILES string of the molecule is CCC(c1cnn(-c2ccc(F)cc2F)c1)c1ccc2c(N)ncnn12. The van der Waals surface area contributed by atoms with Crippen LogP contribution in [0.25, 0.3) is 11.2 Å². The molecule has 1 unspecified atom stereocenters. The first-order valence-corrected chi connectivity index (χ1v) is 8.16. The molecule has 3 heterocycles. The van der Waals surface area contributed by atoms with Gasteiger partial charge in [-0.15, -0.1) is 0 Å². The topological polar surface area (TPSA) is 74.0 Å². The molecule has 0 aliphatic rings. The quantitative estimate of drug-likeness (QED) is 0.610. The molecule has 6 nitrogen and oxygen atoms in total. The van der Waals surface area contributed by atoms with Crippen molar-refractivity contribution in [3.05, 3.63) is 71.9 Å². The fourth-order valence-corrected chi connectivity index (χ4v) is 3.17. The Balaban J connectivity index is 1.76. The normalized spacial score (nSPS) is 12.6. The molecule has 0 saturated heterocycles. The van der Waals surface area contributed by atoms with Crippen molar-refractivity contribution in [3.63, 3.8) is 0 Å². The van der Waals surface area contributed by atoms with E-state index in [1.165, 1.54) is 23.1 Å². The summed E-state index contributed by atoms with van der Waals surface area (Å²) >= 11 is 0. The van der Waals surface area contributed by atoms with E-state index in [0.29, 0.717) is 5.82 Å². The Bertz CT molecular complexity index is 1080. The number of benzene rings is 1. The molecule has 4 aromatic rings. The number of anilines is 1. The van der Waals surface area contributed by atoms with Crippen molar-refractivity contribution in [2.45, 2.75) is 19.3 Å². The summed E-state index contributed by atoms with van der Waals surface area (Å²) in [7, 11) is 0. The van der Waals surface area contributed by atoms with Crippen LogP contribution in [0.2, 0.25) is 0 Å². The summed E-state index contributed by atoms with van der Waals surface area (Å²) in [6.07, 6.45) is 5.62. The molecular formula is C18H16F2N6. The summed E-state index contributed by atoms with van der Waals surface area (Å²) in [6.45, 7) is 2.05. The third-order valence-electron chi connectivity index (χ3n) is 4.44. The second-order valence-corrected chi connectivity index (χ2v) is 5.98. The van der Waals surface area contributed by atoms with Crippen LogP contribution in [-0.2, 0) is 0 Å². The van der Waals surface area contributed by atoms with Crippen molar-refractivity contribution >= 4 is 11.3 Å². The first-order chi connectivity index (χ1) is 12.6. The number of nitrogens with two attached hydrogens (primary N) is 1. The highest BCUT2D eigenvalue weighted by atomic mass is 19.1. The molecule has 0 aliphatic heterocycles. The zero-order valence-electron chi connectivity index (χ0n) is 14.0. The smallest absolute Gasteiger partial charge is 0.151 e. The molecule has 0 spiro atoms. The minimum Gasteiger partial charge on any atom is -0.382 e. The van der Waals surface area contributed by atoms with Crippen LogP contribution in [-0.4, -0.2) is 24.4 Å². The Morgan fingerprint density at radius 1 is 1.15 bits per heavy atom. The van der Waals surface area contributed by atoms with Gasteiger partial charge in [-0.1, -0.05) is 6.92 Å². The van der Waals surface area contributed by atoms with Gasteiger partial charge < -0.3 is 5.73 Å². The zero-order chi connectivity index (χ0) is 18.3. The lowest BCUT2D eigenvalue weighted by atomic mass is 9.96. The van der Waals surface area contributed by atoms with Crippen LogP contribution in [0, 0.1) is 11.6 Å². The number of nitrogens with zero attached hydrogens (tertiary/aromatic N) is 5. The van der Waals surface area contributed by atoms with Gasteiger partial charge in [0.2, 0.25) is 0 Å². The number of aromatic nitrogens is 5. The summed E-state index contributed by atoms with van der Waals surface area (Å²) in [5, 5.41) is 8.52. The van der Waals surface area contributed by atoms with E-state index >= 15 is 0 Å². The second-order valence-electron chi connectivity index (χ2n) is 5.98. The van der Waals surface area contributed by atoms with E-state index < -0.39 is 11.6 Å². The Labute approximate surface area is 147 Å². The molecule has 2 N–H and O–H groups in total. The van der Waals surface area contributed by atoms with Crippen molar-refractivity contribution in [2.24, 2.45) is 0 Å². The minimum atomic E-state index is -0.665. The lowest BCUT2D eigenvalue weighted by Crippen LogP contribution is -2.07. The average molecular weight is 354 g/mol. The van der Waals surface area contributed by atoms with Crippen LogP contribution in [0.3, 0.4) is 0 Å². The molecule has 0 fully saturated rings. The molecule has 0 amide bonds. The standard InChI is InChI=1S/C18H16F2N6/c1-2-13(15-5-6-17-18(21)22-10-24-26(15)17)11-8-23-25(9-11)16-4-3-12(19)7-14(16)20/h3-10,13H,2H2,1H3,(H2,21,22,24). The van der Waals surface area contributed by atoms with Crippen LogP contribution in [0.15, 0.2) is 49.1 Å². The van der Waals surface area contributed by atoms with Gasteiger partial charge in [0.1, 0.15) is 23.3 Å². The Morgan fingerprint density at radius 2 is 2.00 bits per heavy atom. The van der Waals surface area contributed by atoms with Crippen molar-refractivity contribution in [3.8, 4) is 5.69 Å². The maximum Gasteiger partial charge on any atom is 0.151 e. The molecule has 8 heteroatoms. The number of nitrogen functional groups attached to an aromatic ring is 1. The van der Waals surface area contributed by atoms with E-state index in [4.69, 9.17) is 5.73 Å². The number of hydrogen-bond acceptors (Lipinski definition) is 4.